The highest BCUT2D eigenvalue weighted by Crippen LogP contribution is 2.28. The van der Waals surface area contributed by atoms with Crippen LogP contribution in [0.2, 0.25) is 0 Å². The van der Waals surface area contributed by atoms with Gasteiger partial charge >= 0.3 is 0 Å². The minimum absolute atomic E-state index is 0.0181. The smallest absolute Gasteiger partial charge is 0.166 e. The highest BCUT2D eigenvalue weighted by atomic mass is 32.2. The number of H-pyrrole nitrogens is 1. The summed E-state index contributed by atoms with van der Waals surface area (Å²) < 4.78 is 5.49. The molecule has 2 unspecified atom stereocenters. The number of imidazole rings is 1. The fraction of sp³-hybridized carbons (Fsp3) is 0.533. The molecule has 0 aliphatic rings. The lowest BCUT2D eigenvalue weighted by molar-refractivity contribution is 0.201. The zero-order chi connectivity index (χ0) is 15.5. The molecule has 0 saturated carbocycles. The molecule has 0 aliphatic heterocycles. The van der Waals surface area contributed by atoms with Crippen LogP contribution in [0, 0.1) is 0 Å². The predicted molar refractivity (Wildman–Crippen MR) is 86.9 cm³/mol. The molecule has 21 heavy (non-hydrogen) atoms. The Balaban J connectivity index is 2.08. The number of rotatable bonds is 7. The molecule has 5 nitrogen and oxygen atoms in total. The van der Waals surface area contributed by atoms with Gasteiger partial charge in [-0.2, -0.15) is 0 Å². The molecule has 1 heterocycles. The summed E-state index contributed by atoms with van der Waals surface area (Å²) in [7, 11) is 0. The van der Waals surface area contributed by atoms with Crippen molar-refractivity contribution in [3.63, 3.8) is 0 Å². The van der Waals surface area contributed by atoms with Gasteiger partial charge in [0.25, 0.3) is 0 Å². The van der Waals surface area contributed by atoms with E-state index in [4.69, 9.17) is 10.5 Å². The Morgan fingerprint density at radius 2 is 2.29 bits per heavy atom. The van der Waals surface area contributed by atoms with E-state index in [2.05, 4.69) is 16.9 Å². The summed E-state index contributed by atoms with van der Waals surface area (Å²) in [5.74, 6) is 0.841. The van der Waals surface area contributed by atoms with E-state index in [1.165, 1.54) is 0 Å². The molecule has 116 valence electrons. The SMILES string of the molecule is CCOc1ccc2nc(SC(C)CC(C)(N)CO)[nH]c2c1. The van der Waals surface area contributed by atoms with E-state index in [0.717, 1.165) is 28.4 Å². The van der Waals surface area contributed by atoms with Crippen LogP contribution in [-0.4, -0.2) is 39.1 Å². The average Bonchev–Trinajstić information content (AvgIpc) is 2.79. The van der Waals surface area contributed by atoms with Crippen LogP contribution in [0.25, 0.3) is 11.0 Å². The zero-order valence-electron chi connectivity index (χ0n) is 12.7. The number of nitrogens with two attached hydrogens (primary N) is 1. The number of aliphatic hydroxyl groups is 1. The average molecular weight is 309 g/mol. The first-order chi connectivity index (χ1) is 9.93. The first-order valence-corrected chi connectivity index (χ1v) is 8.00. The van der Waals surface area contributed by atoms with Crippen LogP contribution in [0.15, 0.2) is 23.4 Å². The van der Waals surface area contributed by atoms with E-state index < -0.39 is 5.54 Å². The maximum atomic E-state index is 9.23. The highest BCUT2D eigenvalue weighted by molar-refractivity contribution is 7.99. The van der Waals surface area contributed by atoms with Crippen molar-refractivity contribution in [3.8, 4) is 5.75 Å². The van der Waals surface area contributed by atoms with Crippen molar-refractivity contribution < 1.29 is 9.84 Å². The van der Waals surface area contributed by atoms with Gasteiger partial charge in [0.1, 0.15) is 5.75 Å². The Labute approximate surface area is 129 Å². The Morgan fingerprint density at radius 3 is 2.95 bits per heavy atom. The van der Waals surface area contributed by atoms with Crippen LogP contribution < -0.4 is 10.5 Å². The van der Waals surface area contributed by atoms with Crippen molar-refractivity contribution in [2.45, 2.75) is 43.1 Å². The lowest BCUT2D eigenvalue weighted by atomic mass is 9.99. The second-order valence-corrected chi connectivity index (χ2v) is 7.03. The Kier molecular flexibility index (Phi) is 5.13. The molecule has 2 rings (SSSR count). The van der Waals surface area contributed by atoms with Gasteiger partial charge in [0.05, 0.1) is 24.2 Å². The minimum Gasteiger partial charge on any atom is -0.494 e. The van der Waals surface area contributed by atoms with Crippen molar-refractivity contribution in [2.75, 3.05) is 13.2 Å². The molecule has 0 saturated heterocycles. The van der Waals surface area contributed by atoms with Gasteiger partial charge in [-0.25, -0.2) is 4.98 Å². The number of aliphatic hydroxyl groups excluding tert-OH is 1. The van der Waals surface area contributed by atoms with Crippen molar-refractivity contribution in [1.82, 2.24) is 9.97 Å². The summed E-state index contributed by atoms with van der Waals surface area (Å²) in [6.07, 6.45) is 0.718. The molecule has 1 aromatic carbocycles. The van der Waals surface area contributed by atoms with E-state index in [1.807, 2.05) is 32.0 Å². The highest BCUT2D eigenvalue weighted by Gasteiger charge is 2.22. The number of thioether (sulfide) groups is 1. The molecule has 0 radical (unpaired) electrons. The summed E-state index contributed by atoms with van der Waals surface area (Å²) in [5.41, 5.74) is 7.32. The van der Waals surface area contributed by atoms with Gasteiger partial charge in [-0.3, -0.25) is 0 Å². The topological polar surface area (TPSA) is 84.2 Å². The standard InChI is InChI=1S/C15H23N3O2S/c1-4-20-11-5-6-12-13(7-11)18-14(17-12)21-10(2)8-15(3,16)9-19/h5-7,10,19H,4,8-9,16H2,1-3H3,(H,17,18). The fourth-order valence-electron chi connectivity index (χ4n) is 2.23. The van der Waals surface area contributed by atoms with E-state index in [-0.39, 0.29) is 11.9 Å². The van der Waals surface area contributed by atoms with Gasteiger partial charge in [0.2, 0.25) is 0 Å². The third-order valence-electron chi connectivity index (χ3n) is 3.17. The number of hydrogen-bond donors (Lipinski definition) is 3. The van der Waals surface area contributed by atoms with Gasteiger partial charge < -0.3 is 20.6 Å². The molecule has 0 amide bonds. The largest absolute Gasteiger partial charge is 0.494 e. The van der Waals surface area contributed by atoms with Crippen molar-refractivity contribution in [1.29, 1.82) is 0 Å². The normalized spacial score (nSPS) is 15.9. The van der Waals surface area contributed by atoms with Crippen LogP contribution in [0.5, 0.6) is 5.75 Å². The fourth-order valence-corrected chi connectivity index (χ4v) is 3.40. The lowest BCUT2D eigenvalue weighted by Crippen LogP contribution is -2.42. The van der Waals surface area contributed by atoms with Gasteiger partial charge in [-0.1, -0.05) is 18.7 Å². The molecular weight excluding hydrogens is 286 g/mol. The van der Waals surface area contributed by atoms with Gasteiger partial charge in [0.15, 0.2) is 5.16 Å². The Hall–Kier alpha value is -1.24. The van der Waals surface area contributed by atoms with Crippen molar-refractivity contribution in [2.24, 2.45) is 5.73 Å². The quantitative estimate of drug-likeness (QED) is 0.685. The predicted octanol–water partition coefficient (Wildman–Crippen LogP) is 2.54. The summed E-state index contributed by atoms with van der Waals surface area (Å²) in [5, 5.41) is 10.4. The molecule has 4 N–H and O–H groups in total. The number of hydrogen-bond acceptors (Lipinski definition) is 5. The molecule has 6 heteroatoms. The molecule has 0 fully saturated rings. The third kappa shape index (κ3) is 4.36. The first kappa shape index (κ1) is 16.1. The number of ether oxygens (including phenoxy) is 1. The molecule has 0 spiro atoms. The number of fused-ring (bicyclic) bond motifs is 1. The molecule has 1 aromatic heterocycles. The number of aromatic nitrogens is 2. The Bertz CT molecular complexity index is 598. The summed E-state index contributed by atoms with van der Waals surface area (Å²) >= 11 is 1.63. The second-order valence-electron chi connectivity index (χ2n) is 5.60. The van der Waals surface area contributed by atoms with Crippen LogP contribution in [0.3, 0.4) is 0 Å². The van der Waals surface area contributed by atoms with E-state index in [1.54, 1.807) is 11.8 Å². The van der Waals surface area contributed by atoms with Crippen molar-refractivity contribution in [3.05, 3.63) is 18.2 Å². The molecule has 0 bridgehead atoms. The molecule has 2 atom stereocenters. The number of aromatic amines is 1. The van der Waals surface area contributed by atoms with Gasteiger partial charge in [0, 0.05) is 16.9 Å². The third-order valence-corrected chi connectivity index (χ3v) is 4.16. The maximum absolute atomic E-state index is 9.23. The lowest BCUT2D eigenvalue weighted by Gasteiger charge is -2.24. The second kappa shape index (κ2) is 6.68. The van der Waals surface area contributed by atoms with Crippen molar-refractivity contribution >= 4 is 22.8 Å². The van der Waals surface area contributed by atoms with Gasteiger partial charge in [-0.05, 0) is 32.4 Å². The van der Waals surface area contributed by atoms with E-state index in [9.17, 15) is 5.11 Å². The minimum atomic E-state index is -0.555. The summed E-state index contributed by atoms with van der Waals surface area (Å²) in [6.45, 7) is 6.54. The van der Waals surface area contributed by atoms with E-state index >= 15 is 0 Å². The van der Waals surface area contributed by atoms with Crippen LogP contribution in [0.4, 0.5) is 0 Å². The summed E-state index contributed by atoms with van der Waals surface area (Å²) in [6, 6.07) is 5.83. The zero-order valence-corrected chi connectivity index (χ0v) is 13.5. The van der Waals surface area contributed by atoms with Crippen LogP contribution in [-0.2, 0) is 0 Å². The van der Waals surface area contributed by atoms with Crippen LogP contribution >= 0.6 is 11.8 Å². The molecule has 0 aliphatic carbocycles. The molecule has 2 aromatic rings. The first-order valence-electron chi connectivity index (χ1n) is 7.12. The Morgan fingerprint density at radius 1 is 1.52 bits per heavy atom. The van der Waals surface area contributed by atoms with E-state index in [0.29, 0.717) is 6.61 Å². The number of nitrogens with one attached hydrogen (secondary N) is 1. The monoisotopic (exact) mass is 309 g/mol. The maximum Gasteiger partial charge on any atom is 0.166 e. The summed E-state index contributed by atoms with van der Waals surface area (Å²) in [4.78, 5) is 7.86. The molecular formula is C15H23N3O2S. The number of benzene rings is 1. The van der Waals surface area contributed by atoms with Crippen LogP contribution in [0.1, 0.15) is 27.2 Å². The van der Waals surface area contributed by atoms with Gasteiger partial charge in [-0.15, -0.1) is 0 Å². The number of nitrogens with zero attached hydrogens (tertiary/aromatic N) is 1.